The van der Waals surface area contributed by atoms with Gasteiger partial charge >= 0.3 is 6.61 Å². The highest BCUT2D eigenvalue weighted by Crippen LogP contribution is 2.45. The Morgan fingerprint density at radius 2 is 1.97 bits per heavy atom. The topological polar surface area (TPSA) is 50.8 Å². The number of nitrogens with one attached hydrogen (secondary N) is 1. The van der Waals surface area contributed by atoms with Crippen LogP contribution in [0.5, 0.6) is 5.75 Å². The molecule has 1 atom stereocenters. The van der Waals surface area contributed by atoms with Crippen molar-refractivity contribution in [1.29, 1.82) is 0 Å². The number of morpholine rings is 1. The van der Waals surface area contributed by atoms with Crippen molar-refractivity contribution in [3.8, 4) is 5.75 Å². The lowest BCUT2D eigenvalue weighted by molar-refractivity contribution is -0.134. The number of carbonyl (C=O) groups is 1. The normalized spacial score (nSPS) is 24.6. The zero-order valence-corrected chi connectivity index (χ0v) is 18.4. The summed E-state index contributed by atoms with van der Waals surface area (Å²) in [5.41, 5.74) is 1.20. The molecule has 0 bridgehead atoms. The number of amides is 1. The van der Waals surface area contributed by atoms with Crippen molar-refractivity contribution in [3.63, 3.8) is 0 Å². The fourth-order valence-electron chi connectivity index (χ4n) is 5.37. The van der Waals surface area contributed by atoms with Crippen LogP contribution in [0.1, 0.15) is 52.5 Å². The summed E-state index contributed by atoms with van der Waals surface area (Å²) in [6, 6.07) is 6.40. The average Bonchev–Trinajstić information content (AvgIpc) is 2.59. The van der Waals surface area contributed by atoms with Gasteiger partial charge in [0.25, 0.3) is 0 Å². The zero-order valence-electron chi connectivity index (χ0n) is 18.4. The van der Waals surface area contributed by atoms with Gasteiger partial charge in [0.15, 0.2) is 0 Å². The van der Waals surface area contributed by atoms with E-state index < -0.39 is 12.7 Å². The van der Waals surface area contributed by atoms with E-state index >= 15 is 0 Å². The number of hydrogen-bond acceptors (Lipinski definition) is 4. The van der Waals surface area contributed by atoms with Gasteiger partial charge in [-0.15, -0.1) is 0 Å². The molecule has 2 aliphatic rings. The van der Waals surface area contributed by atoms with Gasteiger partial charge in [0.2, 0.25) is 5.91 Å². The van der Waals surface area contributed by atoms with E-state index in [4.69, 9.17) is 4.74 Å². The molecule has 168 valence electrons. The summed E-state index contributed by atoms with van der Waals surface area (Å²) in [5, 5.41) is 3.27. The van der Waals surface area contributed by atoms with Gasteiger partial charge in [0, 0.05) is 19.1 Å². The minimum absolute atomic E-state index is 0.0202. The Balaban J connectivity index is 1.66. The lowest BCUT2D eigenvalue weighted by Gasteiger charge is -2.45. The SMILES string of the molecule is CC1(C)CC(NC(=O)C2COCCN2Cc2cccc(OC(F)F)c2)CC(C)(C)C1. The second-order valence-corrected chi connectivity index (χ2v) is 10.2. The first-order valence-corrected chi connectivity index (χ1v) is 10.7. The van der Waals surface area contributed by atoms with Crippen LogP contribution in [0.2, 0.25) is 0 Å². The highest BCUT2D eigenvalue weighted by atomic mass is 19.3. The number of rotatable bonds is 6. The number of halogens is 2. The summed E-state index contributed by atoms with van der Waals surface area (Å²) >= 11 is 0. The highest BCUT2D eigenvalue weighted by molar-refractivity contribution is 5.82. The number of alkyl halides is 2. The van der Waals surface area contributed by atoms with Gasteiger partial charge < -0.3 is 14.8 Å². The molecule has 5 nitrogen and oxygen atoms in total. The third-order valence-corrected chi connectivity index (χ3v) is 5.95. The van der Waals surface area contributed by atoms with Crippen molar-refractivity contribution >= 4 is 5.91 Å². The Morgan fingerprint density at radius 3 is 2.63 bits per heavy atom. The number of ether oxygens (including phenoxy) is 2. The number of nitrogens with zero attached hydrogens (tertiary/aromatic N) is 1. The van der Waals surface area contributed by atoms with Crippen LogP contribution in [0.25, 0.3) is 0 Å². The highest BCUT2D eigenvalue weighted by Gasteiger charge is 2.40. The van der Waals surface area contributed by atoms with E-state index in [2.05, 4.69) is 42.6 Å². The lowest BCUT2D eigenvalue weighted by atomic mass is 9.63. The minimum atomic E-state index is -2.86. The molecule has 1 saturated carbocycles. The second-order valence-electron chi connectivity index (χ2n) is 10.2. The van der Waals surface area contributed by atoms with Gasteiger partial charge in [-0.05, 0) is 47.8 Å². The molecule has 1 heterocycles. The van der Waals surface area contributed by atoms with Gasteiger partial charge in [-0.25, -0.2) is 0 Å². The van der Waals surface area contributed by atoms with Crippen molar-refractivity contribution in [2.75, 3.05) is 19.8 Å². The van der Waals surface area contributed by atoms with Crippen LogP contribution < -0.4 is 10.1 Å². The number of hydrogen-bond donors (Lipinski definition) is 1. The Hall–Kier alpha value is -1.73. The zero-order chi connectivity index (χ0) is 21.9. The Labute approximate surface area is 178 Å². The maximum atomic E-state index is 13.1. The third kappa shape index (κ3) is 6.38. The van der Waals surface area contributed by atoms with Crippen molar-refractivity contribution in [2.45, 2.75) is 72.2 Å². The van der Waals surface area contributed by atoms with Crippen molar-refractivity contribution in [1.82, 2.24) is 10.2 Å². The molecule has 2 fully saturated rings. The van der Waals surface area contributed by atoms with E-state index in [-0.39, 0.29) is 28.5 Å². The molecule has 1 unspecified atom stereocenters. The van der Waals surface area contributed by atoms with Crippen molar-refractivity contribution in [2.24, 2.45) is 10.8 Å². The predicted molar refractivity (Wildman–Crippen MR) is 111 cm³/mol. The van der Waals surface area contributed by atoms with Crippen LogP contribution in [-0.4, -0.2) is 49.3 Å². The molecular formula is C23H34F2N2O3. The molecule has 1 N–H and O–H groups in total. The fraction of sp³-hybridized carbons (Fsp3) is 0.696. The van der Waals surface area contributed by atoms with Gasteiger partial charge in [0.1, 0.15) is 11.8 Å². The molecule has 0 aromatic heterocycles. The molecule has 0 radical (unpaired) electrons. The number of benzene rings is 1. The van der Waals surface area contributed by atoms with E-state index in [9.17, 15) is 13.6 Å². The lowest BCUT2D eigenvalue weighted by Crippen LogP contribution is -2.56. The average molecular weight is 425 g/mol. The standard InChI is InChI=1S/C23H34F2N2O3/c1-22(2)11-17(12-23(3,4)15-22)26-20(28)19-14-29-9-8-27(19)13-16-6-5-7-18(10-16)30-21(24)25/h5-7,10,17,19,21H,8-9,11-15H2,1-4H3,(H,26,28). The van der Waals surface area contributed by atoms with E-state index in [0.717, 1.165) is 24.8 Å². The van der Waals surface area contributed by atoms with Crippen LogP contribution in [0.3, 0.4) is 0 Å². The molecule has 1 aliphatic heterocycles. The summed E-state index contributed by atoms with van der Waals surface area (Å²) in [4.78, 5) is 15.2. The fourth-order valence-corrected chi connectivity index (χ4v) is 5.37. The maximum Gasteiger partial charge on any atom is 0.387 e. The summed E-state index contributed by atoms with van der Waals surface area (Å²) in [6.07, 6.45) is 3.06. The first-order chi connectivity index (χ1) is 14.0. The summed E-state index contributed by atoms with van der Waals surface area (Å²) < 4.78 is 35.1. The van der Waals surface area contributed by atoms with Crippen LogP contribution in [0.15, 0.2) is 24.3 Å². The molecule has 0 spiro atoms. The maximum absolute atomic E-state index is 13.1. The summed E-state index contributed by atoms with van der Waals surface area (Å²) in [6.45, 7) is 8.15. The number of carbonyl (C=O) groups excluding carboxylic acids is 1. The Kier molecular flexibility index (Phi) is 7.02. The first-order valence-electron chi connectivity index (χ1n) is 10.7. The predicted octanol–water partition coefficient (Wildman–Crippen LogP) is 4.21. The third-order valence-electron chi connectivity index (χ3n) is 5.95. The molecule has 1 saturated heterocycles. The van der Waals surface area contributed by atoms with E-state index in [1.54, 1.807) is 12.1 Å². The van der Waals surface area contributed by atoms with E-state index in [1.165, 1.54) is 6.07 Å². The van der Waals surface area contributed by atoms with Crippen LogP contribution >= 0.6 is 0 Å². The quantitative estimate of drug-likeness (QED) is 0.743. The van der Waals surface area contributed by atoms with Gasteiger partial charge in [-0.2, -0.15) is 8.78 Å². The van der Waals surface area contributed by atoms with E-state index in [0.29, 0.717) is 26.3 Å². The van der Waals surface area contributed by atoms with Crippen LogP contribution in [0, 0.1) is 10.8 Å². The summed E-state index contributed by atoms with van der Waals surface area (Å²) in [7, 11) is 0. The molecule has 7 heteroatoms. The molecule has 30 heavy (non-hydrogen) atoms. The van der Waals surface area contributed by atoms with Crippen LogP contribution in [0.4, 0.5) is 8.78 Å². The molecule has 1 amide bonds. The van der Waals surface area contributed by atoms with Crippen molar-refractivity contribution < 1.29 is 23.0 Å². The summed E-state index contributed by atoms with van der Waals surface area (Å²) in [5.74, 6) is 0.108. The molecular weight excluding hydrogens is 390 g/mol. The Morgan fingerprint density at radius 1 is 1.27 bits per heavy atom. The second kappa shape index (κ2) is 9.18. The minimum Gasteiger partial charge on any atom is -0.435 e. The van der Waals surface area contributed by atoms with Gasteiger partial charge in [0.05, 0.1) is 13.2 Å². The smallest absolute Gasteiger partial charge is 0.387 e. The van der Waals surface area contributed by atoms with Gasteiger partial charge in [-0.3, -0.25) is 9.69 Å². The van der Waals surface area contributed by atoms with E-state index in [1.807, 2.05) is 6.07 Å². The molecule has 1 aromatic carbocycles. The monoisotopic (exact) mass is 424 g/mol. The largest absolute Gasteiger partial charge is 0.435 e. The van der Waals surface area contributed by atoms with Crippen molar-refractivity contribution in [3.05, 3.63) is 29.8 Å². The molecule has 1 aliphatic carbocycles. The van der Waals surface area contributed by atoms with Gasteiger partial charge in [-0.1, -0.05) is 39.8 Å². The molecule has 1 aromatic rings. The Bertz CT molecular complexity index is 723. The first kappa shape index (κ1) is 22.9. The molecule has 3 rings (SSSR count). The van der Waals surface area contributed by atoms with Crippen LogP contribution in [-0.2, 0) is 16.1 Å².